The Labute approximate surface area is 104 Å². The van der Waals surface area contributed by atoms with Crippen LogP contribution >= 0.6 is 0 Å². The molecule has 4 heteroatoms. The van der Waals surface area contributed by atoms with Crippen LogP contribution in [-0.2, 0) is 9.53 Å². The zero-order chi connectivity index (χ0) is 12.7. The van der Waals surface area contributed by atoms with Crippen LogP contribution in [0.15, 0.2) is 0 Å². The van der Waals surface area contributed by atoms with Gasteiger partial charge in [0.15, 0.2) is 6.10 Å². The van der Waals surface area contributed by atoms with Gasteiger partial charge >= 0.3 is 5.97 Å². The molecule has 0 aromatic carbocycles. The molecule has 1 rings (SSSR count). The van der Waals surface area contributed by atoms with Gasteiger partial charge in [0, 0.05) is 19.7 Å². The molecule has 0 saturated heterocycles. The number of carboxylic acid groups (broad SMARTS) is 1. The van der Waals surface area contributed by atoms with Gasteiger partial charge in [0.1, 0.15) is 0 Å². The molecule has 1 aliphatic rings. The molecule has 0 heterocycles. The summed E-state index contributed by atoms with van der Waals surface area (Å²) in [6.45, 7) is 7.50. The summed E-state index contributed by atoms with van der Waals surface area (Å²) in [7, 11) is 0. The number of hydrogen-bond acceptors (Lipinski definition) is 3. The molecule has 4 nitrogen and oxygen atoms in total. The first-order valence-electron chi connectivity index (χ1n) is 6.74. The molecule has 0 bridgehead atoms. The van der Waals surface area contributed by atoms with Crippen LogP contribution in [-0.4, -0.2) is 48.3 Å². The zero-order valence-corrected chi connectivity index (χ0v) is 11.0. The highest BCUT2D eigenvalue weighted by Crippen LogP contribution is 2.29. The number of carbonyl (C=O) groups is 1. The summed E-state index contributed by atoms with van der Waals surface area (Å²) in [5.74, 6) is 0.0200. The predicted octanol–water partition coefficient (Wildman–Crippen LogP) is 1.99. The Hall–Kier alpha value is -0.610. The normalized spacial score (nSPS) is 17.4. The third-order valence-corrected chi connectivity index (χ3v) is 3.10. The van der Waals surface area contributed by atoms with Gasteiger partial charge in [-0.25, -0.2) is 4.79 Å². The van der Waals surface area contributed by atoms with Crippen molar-refractivity contribution < 1.29 is 14.6 Å². The van der Waals surface area contributed by atoms with Crippen LogP contribution < -0.4 is 0 Å². The van der Waals surface area contributed by atoms with Gasteiger partial charge in [-0.1, -0.05) is 6.92 Å². The quantitative estimate of drug-likeness (QED) is 0.637. The average molecular weight is 243 g/mol. The summed E-state index contributed by atoms with van der Waals surface area (Å²) in [5, 5.41) is 9.00. The molecule has 1 unspecified atom stereocenters. The van der Waals surface area contributed by atoms with E-state index in [0.717, 1.165) is 32.0 Å². The monoisotopic (exact) mass is 243 g/mol. The molecule has 0 aromatic rings. The fourth-order valence-electron chi connectivity index (χ4n) is 2.06. The minimum Gasteiger partial charge on any atom is -0.479 e. The van der Waals surface area contributed by atoms with E-state index >= 15 is 0 Å². The molecule has 1 N–H and O–H groups in total. The average Bonchev–Trinajstić information content (AvgIpc) is 3.07. The van der Waals surface area contributed by atoms with E-state index in [-0.39, 0.29) is 0 Å². The molecule has 0 radical (unpaired) electrons. The lowest BCUT2D eigenvalue weighted by Gasteiger charge is -2.23. The van der Waals surface area contributed by atoms with Gasteiger partial charge < -0.3 is 14.7 Å². The lowest BCUT2D eigenvalue weighted by molar-refractivity contribution is -0.150. The van der Waals surface area contributed by atoms with Crippen LogP contribution in [0.25, 0.3) is 0 Å². The van der Waals surface area contributed by atoms with Gasteiger partial charge in [-0.3, -0.25) is 0 Å². The summed E-state index contributed by atoms with van der Waals surface area (Å²) >= 11 is 0. The van der Waals surface area contributed by atoms with Crippen molar-refractivity contribution >= 4 is 5.97 Å². The molecule has 0 amide bonds. The molecular weight excluding hydrogens is 218 g/mol. The minimum atomic E-state index is -0.838. The fraction of sp³-hybridized carbons (Fsp3) is 0.923. The second kappa shape index (κ2) is 7.67. The highest BCUT2D eigenvalue weighted by atomic mass is 16.5. The smallest absolute Gasteiger partial charge is 0.332 e. The van der Waals surface area contributed by atoms with Crippen molar-refractivity contribution in [1.82, 2.24) is 4.90 Å². The van der Waals surface area contributed by atoms with Crippen molar-refractivity contribution in [3.63, 3.8) is 0 Å². The van der Waals surface area contributed by atoms with Crippen LogP contribution in [0.1, 0.15) is 39.5 Å². The van der Waals surface area contributed by atoms with Gasteiger partial charge in [0.05, 0.1) is 0 Å². The topological polar surface area (TPSA) is 49.8 Å². The molecular formula is C13H25NO3. The van der Waals surface area contributed by atoms with Crippen molar-refractivity contribution in [1.29, 1.82) is 0 Å². The third kappa shape index (κ3) is 6.03. The van der Waals surface area contributed by atoms with E-state index in [1.165, 1.54) is 12.8 Å². The minimum absolute atomic E-state index is 0.466. The summed E-state index contributed by atoms with van der Waals surface area (Å²) in [5.41, 5.74) is 0. The maximum absolute atomic E-state index is 11.0. The van der Waals surface area contributed by atoms with E-state index in [4.69, 9.17) is 9.84 Å². The largest absolute Gasteiger partial charge is 0.479 e. The van der Waals surface area contributed by atoms with Gasteiger partial charge in [0.25, 0.3) is 0 Å². The molecule has 0 aliphatic heterocycles. The number of aliphatic carboxylic acids is 1. The number of hydrogen-bond donors (Lipinski definition) is 1. The Morgan fingerprint density at radius 2 is 2.12 bits per heavy atom. The molecule has 17 heavy (non-hydrogen) atoms. The Kier molecular flexibility index (Phi) is 6.52. The summed E-state index contributed by atoms with van der Waals surface area (Å²) in [6.07, 6.45) is 3.76. The second-order valence-corrected chi connectivity index (χ2v) is 4.81. The van der Waals surface area contributed by atoms with Crippen LogP contribution in [0.3, 0.4) is 0 Å². The number of ether oxygens (including phenoxy) is 1. The van der Waals surface area contributed by atoms with Crippen molar-refractivity contribution in [3.05, 3.63) is 0 Å². The second-order valence-electron chi connectivity index (χ2n) is 4.81. The van der Waals surface area contributed by atoms with Crippen LogP contribution in [0.2, 0.25) is 0 Å². The highest BCUT2D eigenvalue weighted by Gasteiger charge is 2.25. The van der Waals surface area contributed by atoms with E-state index in [0.29, 0.717) is 13.0 Å². The summed E-state index contributed by atoms with van der Waals surface area (Å²) in [6, 6.07) is 0. The lowest BCUT2D eigenvalue weighted by Crippen LogP contribution is -2.33. The van der Waals surface area contributed by atoms with E-state index in [1.807, 2.05) is 6.92 Å². The fourth-order valence-corrected chi connectivity index (χ4v) is 2.06. The van der Waals surface area contributed by atoms with E-state index < -0.39 is 12.1 Å². The number of carboxylic acids is 1. The Balaban J connectivity index is 2.28. The lowest BCUT2D eigenvalue weighted by atomic mass is 10.2. The first-order chi connectivity index (χ1) is 8.17. The first-order valence-corrected chi connectivity index (χ1v) is 6.74. The summed E-state index contributed by atoms with van der Waals surface area (Å²) in [4.78, 5) is 13.3. The number of rotatable bonds is 10. The van der Waals surface area contributed by atoms with Gasteiger partial charge in [-0.2, -0.15) is 0 Å². The van der Waals surface area contributed by atoms with Crippen molar-refractivity contribution in [2.45, 2.75) is 45.6 Å². The molecule has 1 aliphatic carbocycles. The molecule has 0 aromatic heterocycles. The van der Waals surface area contributed by atoms with Crippen molar-refractivity contribution in [3.8, 4) is 0 Å². The maximum Gasteiger partial charge on any atom is 0.332 e. The highest BCUT2D eigenvalue weighted by molar-refractivity contribution is 5.72. The SMILES string of the molecule is CCCN(CCC(OCC)C(=O)O)CC1CC1. The molecule has 1 saturated carbocycles. The molecule has 1 atom stereocenters. The third-order valence-electron chi connectivity index (χ3n) is 3.10. The van der Waals surface area contributed by atoms with Gasteiger partial charge in [-0.15, -0.1) is 0 Å². The van der Waals surface area contributed by atoms with Crippen LogP contribution in [0.5, 0.6) is 0 Å². The predicted molar refractivity (Wildman–Crippen MR) is 67.1 cm³/mol. The molecule has 0 spiro atoms. The van der Waals surface area contributed by atoms with E-state index in [9.17, 15) is 4.79 Å². The van der Waals surface area contributed by atoms with Crippen molar-refractivity contribution in [2.24, 2.45) is 5.92 Å². The summed E-state index contributed by atoms with van der Waals surface area (Å²) < 4.78 is 5.23. The Bertz CT molecular complexity index is 229. The maximum atomic E-state index is 11.0. The van der Waals surface area contributed by atoms with Gasteiger partial charge in [-0.05, 0) is 45.1 Å². The first kappa shape index (κ1) is 14.5. The van der Waals surface area contributed by atoms with E-state index in [1.54, 1.807) is 0 Å². The Morgan fingerprint density at radius 1 is 1.41 bits per heavy atom. The Morgan fingerprint density at radius 3 is 2.59 bits per heavy atom. The van der Waals surface area contributed by atoms with E-state index in [2.05, 4.69) is 11.8 Å². The van der Waals surface area contributed by atoms with Crippen molar-refractivity contribution in [2.75, 3.05) is 26.2 Å². The van der Waals surface area contributed by atoms with Crippen LogP contribution in [0.4, 0.5) is 0 Å². The van der Waals surface area contributed by atoms with Crippen LogP contribution in [0, 0.1) is 5.92 Å². The zero-order valence-electron chi connectivity index (χ0n) is 11.0. The standard InChI is InChI=1S/C13H25NO3/c1-3-8-14(10-11-5-6-11)9-7-12(13(15)16)17-4-2/h11-12H,3-10H2,1-2H3,(H,15,16). The molecule has 1 fully saturated rings. The molecule has 100 valence electrons. The van der Waals surface area contributed by atoms with Gasteiger partial charge in [0.2, 0.25) is 0 Å². The number of nitrogens with zero attached hydrogens (tertiary/aromatic N) is 1.